The summed E-state index contributed by atoms with van der Waals surface area (Å²) < 4.78 is 5.33. The van der Waals surface area contributed by atoms with Crippen LogP contribution in [-0.4, -0.2) is 69.2 Å². The number of nitrogens with zero attached hydrogens (tertiary/aromatic N) is 2. The second-order valence-corrected chi connectivity index (χ2v) is 6.38. The van der Waals surface area contributed by atoms with Crippen LogP contribution in [0.2, 0.25) is 0 Å². The second-order valence-electron chi connectivity index (χ2n) is 5.33. The van der Waals surface area contributed by atoms with Crippen LogP contribution in [0, 0.1) is 0 Å². The van der Waals surface area contributed by atoms with Crippen molar-refractivity contribution in [3.63, 3.8) is 0 Å². The van der Waals surface area contributed by atoms with Gasteiger partial charge in [0.25, 0.3) is 5.91 Å². The van der Waals surface area contributed by atoms with Crippen molar-refractivity contribution in [2.75, 3.05) is 64.5 Å². The Labute approximate surface area is 129 Å². The van der Waals surface area contributed by atoms with Gasteiger partial charge in [0.1, 0.15) is 4.88 Å². The predicted octanol–water partition coefficient (Wildman–Crippen LogP) is 1.17. The molecule has 0 spiro atoms. The summed E-state index contributed by atoms with van der Waals surface area (Å²) >= 11 is 1.42. The number of nitrogens with two attached hydrogens (primary N) is 1. The minimum atomic E-state index is -0.0427. The van der Waals surface area contributed by atoms with E-state index in [2.05, 4.69) is 10.2 Å². The highest BCUT2D eigenvalue weighted by atomic mass is 32.1. The predicted molar refractivity (Wildman–Crippen MR) is 87.1 cm³/mol. The molecule has 0 bridgehead atoms. The SMILES string of the molecule is CN(C)C(=O)c1sc(NCCCN2CCOCC2)cc1N. The molecule has 2 heterocycles. The van der Waals surface area contributed by atoms with Crippen molar-refractivity contribution in [3.8, 4) is 0 Å². The average molecular weight is 312 g/mol. The van der Waals surface area contributed by atoms with E-state index in [-0.39, 0.29) is 5.91 Å². The number of amides is 1. The minimum Gasteiger partial charge on any atom is -0.397 e. The highest BCUT2D eigenvalue weighted by molar-refractivity contribution is 7.18. The maximum atomic E-state index is 11.9. The minimum absolute atomic E-state index is 0.0427. The van der Waals surface area contributed by atoms with E-state index in [1.165, 1.54) is 11.3 Å². The monoisotopic (exact) mass is 312 g/mol. The van der Waals surface area contributed by atoms with Crippen LogP contribution in [0.25, 0.3) is 0 Å². The maximum Gasteiger partial charge on any atom is 0.265 e. The van der Waals surface area contributed by atoms with Crippen LogP contribution in [0.4, 0.5) is 10.7 Å². The number of hydrogen-bond acceptors (Lipinski definition) is 6. The lowest BCUT2D eigenvalue weighted by Gasteiger charge is -2.26. The van der Waals surface area contributed by atoms with Gasteiger partial charge in [-0.05, 0) is 19.0 Å². The number of anilines is 2. The average Bonchev–Trinajstić information content (AvgIpc) is 2.85. The van der Waals surface area contributed by atoms with Gasteiger partial charge >= 0.3 is 0 Å². The summed E-state index contributed by atoms with van der Waals surface area (Å²) in [5.74, 6) is -0.0427. The zero-order valence-electron chi connectivity index (χ0n) is 12.7. The molecule has 21 heavy (non-hydrogen) atoms. The summed E-state index contributed by atoms with van der Waals surface area (Å²) in [4.78, 5) is 16.5. The zero-order chi connectivity index (χ0) is 15.2. The van der Waals surface area contributed by atoms with Crippen molar-refractivity contribution < 1.29 is 9.53 Å². The second kappa shape index (κ2) is 7.63. The molecule has 118 valence electrons. The zero-order valence-corrected chi connectivity index (χ0v) is 13.5. The number of carbonyl (C=O) groups is 1. The number of nitrogens with one attached hydrogen (secondary N) is 1. The molecular formula is C14H24N4O2S. The van der Waals surface area contributed by atoms with Gasteiger partial charge in [0.2, 0.25) is 0 Å². The first-order valence-corrected chi connectivity index (χ1v) is 8.04. The standard InChI is InChI=1S/C14H24N4O2S/c1-17(2)14(19)13-11(15)10-12(21-13)16-4-3-5-18-6-8-20-9-7-18/h10,16H,3-9,15H2,1-2H3. The third-order valence-electron chi connectivity index (χ3n) is 3.42. The Morgan fingerprint density at radius 3 is 2.86 bits per heavy atom. The van der Waals surface area contributed by atoms with E-state index in [4.69, 9.17) is 10.5 Å². The normalized spacial score (nSPS) is 15.9. The van der Waals surface area contributed by atoms with E-state index in [0.717, 1.165) is 50.8 Å². The van der Waals surface area contributed by atoms with E-state index < -0.39 is 0 Å². The van der Waals surface area contributed by atoms with Crippen LogP contribution in [0.15, 0.2) is 6.07 Å². The van der Waals surface area contributed by atoms with Gasteiger partial charge in [-0.1, -0.05) is 0 Å². The third-order valence-corrected chi connectivity index (χ3v) is 4.51. The molecule has 7 heteroatoms. The lowest BCUT2D eigenvalue weighted by Crippen LogP contribution is -2.37. The Hall–Kier alpha value is -1.31. The molecule has 0 saturated carbocycles. The summed E-state index contributed by atoms with van der Waals surface area (Å²) in [6, 6.07) is 1.84. The Bertz CT molecular complexity index is 470. The summed E-state index contributed by atoms with van der Waals surface area (Å²) in [6.07, 6.45) is 1.06. The molecule has 1 saturated heterocycles. The van der Waals surface area contributed by atoms with Gasteiger partial charge in [0.15, 0.2) is 0 Å². The number of rotatable bonds is 6. The van der Waals surface area contributed by atoms with E-state index in [1.54, 1.807) is 19.0 Å². The molecular weight excluding hydrogens is 288 g/mol. The quantitative estimate of drug-likeness (QED) is 0.772. The summed E-state index contributed by atoms with van der Waals surface area (Å²) in [7, 11) is 3.47. The van der Waals surface area contributed by atoms with E-state index >= 15 is 0 Å². The third kappa shape index (κ3) is 4.59. The Kier molecular flexibility index (Phi) is 5.84. The van der Waals surface area contributed by atoms with Crippen LogP contribution < -0.4 is 11.1 Å². The summed E-state index contributed by atoms with van der Waals surface area (Å²) in [5, 5.41) is 4.31. The van der Waals surface area contributed by atoms with Crippen molar-refractivity contribution in [1.82, 2.24) is 9.80 Å². The highest BCUT2D eigenvalue weighted by Gasteiger charge is 2.16. The van der Waals surface area contributed by atoms with Gasteiger partial charge in [-0.3, -0.25) is 9.69 Å². The van der Waals surface area contributed by atoms with Gasteiger partial charge in [0, 0.05) is 33.7 Å². The van der Waals surface area contributed by atoms with Crippen molar-refractivity contribution >= 4 is 27.9 Å². The van der Waals surface area contributed by atoms with Crippen LogP contribution in [0.5, 0.6) is 0 Å². The van der Waals surface area contributed by atoms with Crippen LogP contribution in [0.1, 0.15) is 16.1 Å². The molecule has 0 aliphatic carbocycles. The first-order valence-electron chi connectivity index (χ1n) is 7.23. The topological polar surface area (TPSA) is 70.8 Å². The van der Waals surface area contributed by atoms with Crippen molar-refractivity contribution in [1.29, 1.82) is 0 Å². The molecule has 1 aliphatic rings. The summed E-state index contributed by atoms with van der Waals surface area (Å²) in [5.41, 5.74) is 6.45. The molecule has 1 amide bonds. The fourth-order valence-electron chi connectivity index (χ4n) is 2.20. The number of carbonyl (C=O) groups excluding carboxylic acids is 1. The van der Waals surface area contributed by atoms with Gasteiger partial charge in [-0.2, -0.15) is 0 Å². The molecule has 6 nitrogen and oxygen atoms in total. The molecule has 1 aromatic rings. The van der Waals surface area contributed by atoms with Crippen molar-refractivity contribution in [3.05, 3.63) is 10.9 Å². The van der Waals surface area contributed by atoms with Crippen molar-refractivity contribution in [2.45, 2.75) is 6.42 Å². The van der Waals surface area contributed by atoms with Gasteiger partial charge in [-0.25, -0.2) is 0 Å². The Morgan fingerprint density at radius 2 is 2.19 bits per heavy atom. The van der Waals surface area contributed by atoms with Gasteiger partial charge in [-0.15, -0.1) is 11.3 Å². The largest absolute Gasteiger partial charge is 0.397 e. The molecule has 0 radical (unpaired) electrons. The molecule has 1 fully saturated rings. The number of morpholine rings is 1. The number of hydrogen-bond donors (Lipinski definition) is 2. The van der Waals surface area contributed by atoms with E-state index in [1.807, 2.05) is 6.07 Å². The molecule has 0 atom stereocenters. The highest BCUT2D eigenvalue weighted by Crippen LogP contribution is 2.29. The number of nitrogen functional groups attached to an aromatic ring is 1. The summed E-state index contributed by atoms with van der Waals surface area (Å²) in [6.45, 7) is 5.67. The lowest BCUT2D eigenvalue weighted by molar-refractivity contribution is 0.0378. The van der Waals surface area contributed by atoms with E-state index in [0.29, 0.717) is 10.6 Å². The smallest absolute Gasteiger partial charge is 0.265 e. The lowest BCUT2D eigenvalue weighted by atomic mass is 10.3. The fraction of sp³-hybridized carbons (Fsp3) is 0.643. The molecule has 0 aromatic carbocycles. The van der Waals surface area contributed by atoms with Crippen LogP contribution >= 0.6 is 11.3 Å². The number of ether oxygens (including phenoxy) is 1. The first-order chi connectivity index (χ1) is 10.1. The van der Waals surface area contributed by atoms with Crippen molar-refractivity contribution in [2.24, 2.45) is 0 Å². The first kappa shape index (κ1) is 16.1. The molecule has 1 aromatic heterocycles. The molecule has 3 N–H and O–H groups in total. The molecule has 0 unspecified atom stereocenters. The maximum absolute atomic E-state index is 11.9. The number of thiophene rings is 1. The van der Waals surface area contributed by atoms with Crippen LogP contribution in [-0.2, 0) is 4.74 Å². The fourth-order valence-corrected chi connectivity index (χ4v) is 3.23. The molecule has 1 aliphatic heterocycles. The van der Waals surface area contributed by atoms with Gasteiger partial charge in [0.05, 0.1) is 23.9 Å². The Balaban J connectivity index is 1.75. The van der Waals surface area contributed by atoms with Crippen LogP contribution in [0.3, 0.4) is 0 Å². The van der Waals surface area contributed by atoms with Gasteiger partial charge < -0.3 is 20.7 Å². The Morgan fingerprint density at radius 1 is 1.48 bits per heavy atom. The molecule has 2 rings (SSSR count). The van der Waals surface area contributed by atoms with E-state index in [9.17, 15) is 4.79 Å².